The number of ether oxygens (including phenoxy) is 5. The molecule has 2 aliphatic carbocycles. The average Bonchev–Trinajstić information content (AvgIpc) is 3.71. The molecule has 4 rings (SSSR count). The molecule has 55 heavy (non-hydrogen) atoms. The molecule has 17 heteroatoms. The van der Waals surface area contributed by atoms with Gasteiger partial charge in [-0.3, -0.25) is 33.7 Å². The molecule has 2 fully saturated rings. The van der Waals surface area contributed by atoms with Gasteiger partial charge in [0, 0.05) is 71.0 Å². The Morgan fingerprint density at radius 1 is 0.600 bits per heavy atom. The minimum atomic E-state index is -0.954. The van der Waals surface area contributed by atoms with Gasteiger partial charge in [-0.25, -0.2) is 4.79 Å². The van der Waals surface area contributed by atoms with E-state index in [1.807, 2.05) is 0 Å². The largest absolute Gasteiger partial charge is 0.452 e. The van der Waals surface area contributed by atoms with Crippen molar-refractivity contribution >= 4 is 41.5 Å². The van der Waals surface area contributed by atoms with E-state index in [1.54, 1.807) is 14.2 Å². The van der Waals surface area contributed by atoms with Crippen LogP contribution >= 0.6 is 0 Å². The molecule has 4 N–H and O–H groups in total. The van der Waals surface area contributed by atoms with Crippen LogP contribution in [0.5, 0.6) is 0 Å². The number of nitrogens with two attached hydrogens (primary N) is 1. The molecule has 2 aliphatic heterocycles. The second-order valence-corrected chi connectivity index (χ2v) is 13.8. The van der Waals surface area contributed by atoms with E-state index in [2.05, 4.69) is 15.4 Å². The summed E-state index contributed by atoms with van der Waals surface area (Å²) in [6.07, 6.45) is 13.3. The Kier molecular flexibility index (Phi) is 23.6. The molecule has 310 valence electrons. The summed E-state index contributed by atoms with van der Waals surface area (Å²) in [7, 11) is 4.35. The summed E-state index contributed by atoms with van der Waals surface area (Å²) in [5.41, 5.74) is 5.67. The monoisotopic (exact) mass is 779 g/mol. The number of methoxy groups -OCH3 is 3. The van der Waals surface area contributed by atoms with Gasteiger partial charge >= 0.3 is 6.09 Å². The fraction of sp³-hybridized carbons (Fsp3) is 0.711. The summed E-state index contributed by atoms with van der Waals surface area (Å²) in [6, 6.07) is 0. The van der Waals surface area contributed by atoms with Crippen LogP contribution in [0.4, 0.5) is 4.79 Å². The van der Waals surface area contributed by atoms with Crippen molar-refractivity contribution in [2.45, 2.75) is 64.2 Å². The molecule has 2 saturated carbocycles. The molecule has 0 saturated heterocycles. The molecule has 0 atom stereocenters. The zero-order valence-electron chi connectivity index (χ0n) is 32.6. The van der Waals surface area contributed by atoms with Crippen molar-refractivity contribution in [3.63, 3.8) is 0 Å². The van der Waals surface area contributed by atoms with Gasteiger partial charge in [0.1, 0.15) is 0 Å². The maximum absolute atomic E-state index is 11.8. The van der Waals surface area contributed by atoms with E-state index in [0.29, 0.717) is 94.1 Å². The van der Waals surface area contributed by atoms with Crippen molar-refractivity contribution in [1.82, 2.24) is 20.4 Å². The Morgan fingerprint density at radius 3 is 1.40 bits per heavy atom. The fourth-order valence-corrected chi connectivity index (χ4v) is 6.34. The maximum atomic E-state index is 11.8. The van der Waals surface area contributed by atoms with Crippen LogP contribution in [-0.2, 0) is 52.5 Å². The number of hydrogen-bond acceptors (Lipinski definition) is 13. The van der Waals surface area contributed by atoms with Crippen LogP contribution in [0.15, 0.2) is 24.3 Å². The molecule has 7 amide bonds. The molecular formula is C38H61N5O12. The van der Waals surface area contributed by atoms with Gasteiger partial charge in [0.15, 0.2) is 0 Å². The van der Waals surface area contributed by atoms with Crippen molar-refractivity contribution in [1.29, 1.82) is 0 Å². The van der Waals surface area contributed by atoms with Crippen LogP contribution < -0.4 is 16.4 Å². The zero-order chi connectivity index (χ0) is 40.4. The first kappa shape index (κ1) is 47.1. The molecule has 0 bridgehead atoms. The van der Waals surface area contributed by atoms with Gasteiger partial charge in [-0.05, 0) is 81.6 Å². The van der Waals surface area contributed by atoms with Gasteiger partial charge in [0.05, 0.1) is 46.8 Å². The minimum absolute atomic E-state index is 0.0128. The first-order chi connectivity index (χ1) is 26.5. The predicted molar refractivity (Wildman–Crippen MR) is 200 cm³/mol. The maximum Gasteiger partial charge on any atom is 0.423 e. The van der Waals surface area contributed by atoms with Crippen molar-refractivity contribution in [3.05, 3.63) is 24.3 Å². The number of nitrogens with one attached hydrogen (secondary N) is 2. The second-order valence-electron chi connectivity index (χ2n) is 13.8. The highest BCUT2D eigenvalue weighted by Crippen LogP contribution is 2.30. The van der Waals surface area contributed by atoms with Crippen LogP contribution in [0.3, 0.4) is 0 Å². The van der Waals surface area contributed by atoms with Gasteiger partial charge in [-0.15, -0.1) is 0 Å². The number of imide groups is 4. The summed E-state index contributed by atoms with van der Waals surface area (Å²) in [5, 5.41) is 5.96. The van der Waals surface area contributed by atoms with Gasteiger partial charge in [0.25, 0.3) is 23.6 Å². The number of amides is 7. The number of nitrogens with zero attached hydrogens (tertiary/aromatic N) is 2. The van der Waals surface area contributed by atoms with Crippen molar-refractivity contribution in [2.75, 3.05) is 87.1 Å². The Morgan fingerprint density at radius 2 is 1.00 bits per heavy atom. The Hall–Kier alpha value is -4.03. The third-order valence-corrected chi connectivity index (χ3v) is 9.76. The highest BCUT2D eigenvalue weighted by atomic mass is 16.5. The van der Waals surface area contributed by atoms with Crippen LogP contribution in [0.1, 0.15) is 64.2 Å². The molecular weight excluding hydrogens is 718 g/mol. The molecule has 0 spiro atoms. The summed E-state index contributed by atoms with van der Waals surface area (Å²) < 4.78 is 24.5. The normalized spacial score (nSPS) is 21.8. The molecule has 0 aromatic heterocycles. The van der Waals surface area contributed by atoms with E-state index in [1.165, 1.54) is 42.7 Å². The smallest absolute Gasteiger partial charge is 0.423 e. The van der Waals surface area contributed by atoms with E-state index in [4.69, 9.17) is 24.7 Å². The van der Waals surface area contributed by atoms with Crippen molar-refractivity contribution in [3.8, 4) is 0 Å². The highest BCUT2D eigenvalue weighted by Gasteiger charge is 2.31. The number of carbonyl (C=O) groups excluding carboxylic acids is 7. The second kappa shape index (κ2) is 27.5. The Labute approximate surface area is 324 Å². The molecule has 0 aromatic rings. The van der Waals surface area contributed by atoms with E-state index in [-0.39, 0.29) is 23.6 Å². The fourth-order valence-electron chi connectivity index (χ4n) is 6.34. The van der Waals surface area contributed by atoms with Crippen molar-refractivity contribution < 1.29 is 57.2 Å². The van der Waals surface area contributed by atoms with Crippen molar-refractivity contribution in [2.24, 2.45) is 29.4 Å². The Balaban J connectivity index is 0.000000307. The molecule has 0 aromatic carbocycles. The first-order valence-electron chi connectivity index (χ1n) is 19.1. The van der Waals surface area contributed by atoms with Gasteiger partial charge in [-0.1, -0.05) is 0 Å². The number of rotatable bonds is 19. The first-order valence-corrected chi connectivity index (χ1v) is 19.1. The Bertz CT molecular complexity index is 1260. The molecule has 0 radical (unpaired) electrons. The predicted octanol–water partition coefficient (Wildman–Crippen LogP) is 1.49. The molecule has 2 heterocycles. The van der Waals surface area contributed by atoms with Crippen LogP contribution in [0, 0.1) is 23.7 Å². The number of hydrogen-bond donors (Lipinski definition) is 3. The minimum Gasteiger partial charge on any atom is -0.452 e. The van der Waals surface area contributed by atoms with Gasteiger partial charge in [0.2, 0.25) is 11.8 Å². The number of carbonyl (C=O) groups is 7. The quantitative estimate of drug-likeness (QED) is 0.125. The van der Waals surface area contributed by atoms with Gasteiger partial charge < -0.3 is 40.1 Å². The molecule has 4 aliphatic rings. The topological polar surface area (TPSA) is 222 Å². The van der Waals surface area contributed by atoms with E-state index < -0.39 is 17.9 Å². The van der Waals surface area contributed by atoms with Crippen LogP contribution in [0.25, 0.3) is 0 Å². The summed E-state index contributed by atoms with van der Waals surface area (Å²) in [6.45, 7) is 5.85. The lowest BCUT2D eigenvalue weighted by molar-refractivity contribution is -0.138. The van der Waals surface area contributed by atoms with E-state index in [0.717, 1.165) is 58.0 Å². The SMILES string of the molecule is COC(=O)N1C(=O)C=CC1=O.COCCOCCC(=O)NCC1CCC(CN)CC1.COCCOCCC(=O)NCC1CCC(CN2C(=O)C=CC2=O)CC1. The lowest BCUT2D eigenvalue weighted by Gasteiger charge is -2.30. The van der Waals surface area contributed by atoms with E-state index in [9.17, 15) is 33.6 Å². The summed E-state index contributed by atoms with van der Waals surface area (Å²) >= 11 is 0. The lowest BCUT2D eigenvalue weighted by Crippen LogP contribution is -2.37. The standard InChI is InChI=1S/C18H28N2O5.C14H28N2O3.C6H5NO4/c1-24-10-11-25-9-8-16(21)19-12-14-2-4-15(5-3-14)13-20-17(22)6-7-18(20)23;1-18-8-9-19-7-6-14(17)16-11-13-4-2-12(10-15)3-5-13;1-11-6(10)7-4(8)2-3-5(7)9/h6-7,14-15H,2-5,8-13H2,1H3,(H,19,21);12-13H,2-11,15H2,1H3,(H,16,17);2-3H,1H3. The third-order valence-electron chi connectivity index (χ3n) is 9.76. The summed E-state index contributed by atoms with van der Waals surface area (Å²) in [5.74, 6) is 0.522. The highest BCUT2D eigenvalue weighted by molar-refractivity contribution is 6.21. The van der Waals surface area contributed by atoms with E-state index >= 15 is 0 Å². The van der Waals surface area contributed by atoms with Gasteiger partial charge in [-0.2, -0.15) is 4.90 Å². The van der Waals surface area contributed by atoms with Crippen LogP contribution in [0.2, 0.25) is 0 Å². The third kappa shape index (κ3) is 18.9. The molecule has 0 unspecified atom stereocenters. The summed E-state index contributed by atoms with van der Waals surface area (Å²) in [4.78, 5) is 80.4. The molecule has 17 nitrogen and oxygen atoms in total. The average molecular weight is 780 g/mol. The lowest BCUT2D eigenvalue weighted by atomic mass is 9.81. The zero-order valence-corrected chi connectivity index (χ0v) is 32.6. The van der Waals surface area contributed by atoms with Crippen LogP contribution in [-0.4, -0.2) is 138 Å².